The Bertz CT molecular complexity index is 1280. The summed E-state index contributed by atoms with van der Waals surface area (Å²) in [4.78, 5) is 35.2. The molecule has 3 heterocycles. The summed E-state index contributed by atoms with van der Waals surface area (Å²) in [6.45, 7) is -0.458. The average Bonchev–Trinajstić information content (AvgIpc) is 3.36. The number of carbonyl (C=O) groups excluding carboxylic acids is 1. The van der Waals surface area contributed by atoms with Gasteiger partial charge in [0, 0.05) is 22.0 Å². The Morgan fingerprint density at radius 2 is 2.17 bits per heavy atom. The summed E-state index contributed by atoms with van der Waals surface area (Å²) >= 11 is 7.13. The molecule has 4 aromatic rings. The van der Waals surface area contributed by atoms with Gasteiger partial charge in [-0.25, -0.2) is 9.55 Å². The first-order valence-corrected chi connectivity index (χ1v) is 10.6. The standard InChI is InChI=1S/C15H11ClN5O6PS/c16-7-1-2-11-8(3-7)9(4-21(11)6-26-28(23,24)25)12(22)14-18-10(5-29-14)13-19-20-15(17)27-13/h1-5H,6H2,(H2,17,20)(H2,23,24,25). The molecule has 29 heavy (non-hydrogen) atoms. The maximum absolute atomic E-state index is 13.0. The van der Waals surface area contributed by atoms with Crippen LogP contribution in [0, 0.1) is 0 Å². The number of fused-ring (bicyclic) bond motifs is 1. The van der Waals surface area contributed by atoms with Gasteiger partial charge in [0.15, 0.2) is 5.01 Å². The number of nitrogens with two attached hydrogens (primary N) is 1. The van der Waals surface area contributed by atoms with Crippen LogP contribution in [0.15, 0.2) is 34.2 Å². The first-order valence-electron chi connectivity index (χ1n) is 7.79. The van der Waals surface area contributed by atoms with Crippen molar-refractivity contribution in [3.63, 3.8) is 0 Å². The SMILES string of the molecule is Nc1nnc(-c2csc(C(=O)c3cn(COP(=O)(O)O)c4ccc(Cl)cc34)n2)o1. The fourth-order valence-corrected chi connectivity index (χ4v) is 3.82. The van der Waals surface area contributed by atoms with Crippen LogP contribution in [-0.4, -0.2) is 35.3 Å². The molecular weight excluding hydrogens is 445 g/mol. The smallest absolute Gasteiger partial charge is 0.402 e. The highest BCUT2D eigenvalue weighted by molar-refractivity contribution is 7.46. The van der Waals surface area contributed by atoms with Gasteiger partial charge < -0.3 is 24.5 Å². The van der Waals surface area contributed by atoms with Crippen molar-refractivity contribution in [1.82, 2.24) is 19.7 Å². The molecule has 0 spiro atoms. The number of carbonyl (C=O) groups is 1. The predicted octanol–water partition coefficient (Wildman–Crippen LogP) is 2.68. The quantitative estimate of drug-likeness (QED) is 0.290. The highest BCUT2D eigenvalue weighted by atomic mass is 35.5. The molecule has 0 amide bonds. The van der Waals surface area contributed by atoms with Crippen molar-refractivity contribution in [2.45, 2.75) is 6.73 Å². The van der Waals surface area contributed by atoms with Gasteiger partial charge in [-0.2, -0.15) is 0 Å². The highest BCUT2D eigenvalue weighted by Crippen LogP contribution is 2.37. The molecule has 14 heteroatoms. The Balaban J connectivity index is 1.73. The maximum Gasteiger partial charge on any atom is 0.471 e. The summed E-state index contributed by atoms with van der Waals surface area (Å²) in [5, 5.41) is 9.86. The van der Waals surface area contributed by atoms with E-state index in [1.807, 2.05) is 0 Å². The predicted molar refractivity (Wildman–Crippen MR) is 103 cm³/mol. The molecule has 0 radical (unpaired) electrons. The van der Waals surface area contributed by atoms with E-state index >= 15 is 0 Å². The Labute approximate surface area is 170 Å². The van der Waals surface area contributed by atoms with Gasteiger partial charge in [0.05, 0.1) is 11.1 Å². The van der Waals surface area contributed by atoms with Gasteiger partial charge in [0.1, 0.15) is 12.4 Å². The average molecular weight is 456 g/mol. The second-order valence-electron chi connectivity index (χ2n) is 5.74. The highest BCUT2D eigenvalue weighted by Gasteiger charge is 2.23. The van der Waals surface area contributed by atoms with Gasteiger partial charge in [-0.15, -0.1) is 16.4 Å². The number of benzene rings is 1. The molecule has 150 valence electrons. The van der Waals surface area contributed by atoms with Gasteiger partial charge in [0.25, 0.3) is 5.89 Å². The zero-order valence-electron chi connectivity index (χ0n) is 14.2. The minimum atomic E-state index is -4.70. The van der Waals surface area contributed by atoms with Crippen molar-refractivity contribution in [3.8, 4) is 11.6 Å². The molecule has 4 N–H and O–H groups in total. The number of phosphoric acid groups is 1. The third-order valence-electron chi connectivity index (χ3n) is 3.81. The Hall–Kier alpha value is -2.60. The van der Waals surface area contributed by atoms with E-state index in [0.717, 1.165) is 11.3 Å². The number of aromatic nitrogens is 4. The lowest BCUT2D eigenvalue weighted by Crippen LogP contribution is -2.02. The normalized spacial score (nSPS) is 12.0. The van der Waals surface area contributed by atoms with Crippen molar-refractivity contribution in [2.24, 2.45) is 0 Å². The molecule has 4 rings (SSSR count). The van der Waals surface area contributed by atoms with E-state index < -0.39 is 20.3 Å². The van der Waals surface area contributed by atoms with E-state index in [-0.39, 0.29) is 22.5 Å². The van der Waals surface area contributed by atoms with Crippen molar-refractivity contribution in [3.05, 3.63) is 45.4 Å². The number of nitrogen functional groups attached to an aromatic ring is 1. The fourth-order valence-electron chi connectivity index (χ4n) is 2.62. The van der Waals surface area contributed by atoms with Gasteiger partial charge in [0.2, 0.25) is 5.78 Å². The fraction of sp³-hybridized carbons (Fsp3) is 0.0667. The van der Waals surface area contributed by atoms with Crippen LogP contribution in [0.2, 0.25) is 5.02 Å². The molecule has 0 aliphatic carbocycles. The molecular formula is C15H11ClN5O6PS. The first-order chi connectivity index (χ1) is 13.7. The molecule has 0 aliphatic rings. The van der Waals surface area contributed by atoms with Crippen molar-refractivity contribution >= 4 is 53.5 Å². The summed E-state index contributed by atoms with van der Waals surface area (Å²) in [7, 11) is -4.70. The number of hydrogen-bond acceptors (Lipinski definition) is 9. The van der Waals surface area contributed by atoms with E-state index in [0.29, 0.717) is 21.6 Å². The zero-order chi connectivity index (χ0) is 20.8. The number of ketones is 1. The van der Waals surface area contributed by atoms with Crippen LogP contribution in [0.4, 0.5) is 6.01 Å². The van der Waals surface area contributed by atoms with Crippen molar-refractivity contribution < 1.29 is 28.1 Å². The van der Waals surface area contributed by atoms with Gasteiger partial charge in [-0.3, -0.25) is 9.32 Å². The summed E-state index contributed by atoms with van der Waals surface area (Å²) < 4.78 is 22.1. The Morgan fingerprint density at radius 1 is 1.38 bits per heavy atom. The number of anilines is 1. The van der Waals surface area contributed by atoms with Crippen LogP contribution in [0.3, 0.4) is 0 Å². The molecule has 11 nitrogen and oxygen atoms in total. The summed E-state index contributed by atoms with van der Waals surface area (Å²) in [5.74, 6) is -0.339. The van der Waals surface area contributed by atoms with Crippen LogP contribution in [0.25, 0.3) is 22.5 Å². The molecule has 0 saturated carbocycles. The van der Waals surface area contributed by atoms with Gasteiger partial charge >= 0.3 is 13.8 Å². The summed E-state index contributed by atoms with van der Waals surface area (Å²) in [5.41, 5.74) is 6.44. The number of thiazole rings is 1. The number of halogens is 1. The molecule has 0 bridgehead atoms. The summed E-state index contributed by atoms with van der Waals surface area (Å²) in [6, 6.07) is 4.66. The molecule has 0 fully saturated rings. The first kappa shape index (κ1) is 19.7. The third-order valence-corrected chi connectivity index (χ3v) is 5.34. The van der Waals surface area contributed by atoms with E-state index in [9.17, 15) is 9.36 Å². The second-order valence-corrected chi connectivity index (χ2v) is 8.27. The van der Waals surface area contributed by atoms with Crippen molar-refractivity contribution in [2.75, 3.05) is 5.73 Å². The second kappa shape index (κ2) is 7.34. The molecule has 0 unspecified atom stereocenters. The Morgan fingerprint density at radius 3 is 2.86 bits per heavy atom. The number of phosphoric ester groups is 1. The van der Waals surface area contributed by atoms with E-state index in [4.69, 9.17) is 31.5 Å². The van der Waals surface area contributed by atoms with Gasteiger partial charge in [-0.1, -0.05) is 16.7 Å². The minimum absolute atomic E-state index is 0.0818. The third kappa shape index (κ3) is 4.08. The number of nitrogens with zero attached hydrogens (tertiary/aromatic N) is 4. The lowest BCUT2D eigenvalue weighted by molar-refractivity contribution is 0.103. The van der Waals surface area contributed by atoms with Crippen LogP contribution in [0.5, 0.6) is 0 Å². The number of rotatable bonds is 6. The lowest BCUT2D eigenvalue weighted by Gasteiger charge is -2.07. The van der Waals surface area contributed by atoms with Crippen LogP contribution < -0.4 is 5.73 Å². The summed E-state index contributed by atoms with van der Waals surface area (Å²) in [6.07, 6.45) is 1.42. The zero-order valence-corrected chi connectivity index (χ0v) is 16.7. The van der Waals surface area contributed by atoms with E-state index in [1.54, 1.807) is 23.6 Å². The van der Waals surface area contributed by atoms with Crippen LogP contribution in [-0.2, 0) is 15.8 Å². The van der Waals surface area contributed by atoms with Crippen LogP contribution >= 0.6 is 30.8 Å². The molecule has 0 aliphatic heterocycles. The van der Waals surface area contributed by atoms with E-state index in [2.05, 4.69) is 19.7 Å². The maximum atomic E-state index is 13.0. The van der Waals surface area contributed by atoms with Gasteiger partial charge in [-0.05, 0) is 18.2 Å². The van der Waals surface area contributed by atoms with Crippen molar-refractivity contribution in [1.29, 1.82) is 0 Å². The van der Waals surface area contributed by atoms with E-state index in [1.165, 1.54) is 10.8 Å². The number of hydrogen-bond donors (Lipinski definition) is 3. The minimum Gasteiger partial charge on any atom is -0.402 e. The van der Waals surface area contributed by atoms with Crippen LogP contribution in [0.1, 0.15) is 15.4 Å². The largest absolute Gasteiger partial charge is 0.471 e. The Kier molecular flexibility index (Phi) is 4.99. The lowest BCUT2D eigenvalue weighted by atomic mass is 10.1. The molecule has 1 aromatic carbocycles. The molecule has 0 saturated heterocycles. The monoisotopic (exact) mass is 455 g/mol. The topological polar surface area (TPSA) is 167 Å². The molecule has 3 aromatic heterocycles. The molecule has 0 atom stereocenters.